The molecular weight excluding hydrogens is 303 g/mol. The van der Waals surface area contributed by atoms with Crippen LogP contribution in [0.2, 0.25) is 0 Å². The second-order valence-electron chi connectivity index (χ2n) is 6.57. The molecule has 3 nitrogen and oxygen atoms in total. The molecule has 1 saturated carbocycles. The average Bonchev–Trinajstić information content (AvgIpc) is 3.41. The fraction of sp³-hybridized carbons (Fsp3) is 0.350. The van der Waals surface area contributed by atoms with Crippen molar-refractivity contribution in [1.82, 2.24) is 5.32 Å². The summed E-state index contributed by atoms with van der Waals surface area (Å²) in [4.78, 5) is 12.4. The van der Waals surface area contributed by atoms with Crippen LogP contribution in [0, 0.1) is 18.7 Å². The number of rotatable bonds is 6. The number of amides is 1. The maximum atomic E-state index is 13.6. The minimum absolute atomic E-state index is 0.153. The molecule has 0 bridgehead atoms. The van der Waals surface area contributed by atoms with Crippen LogP contribution in [-0.4, -0.2) is 11.9 Å². The zero-order chi connectivity index (χ0) is 17.1. The van der Waals surface area contributed by atoms with Crippen LogP contribution >= 0.6 is 0 Å². The highest BCUT2D eigenvalue weighted by atomic mass is 19.1. The SMILES string of the molecule is Cc1ccc(NC(=O)[C@H](C)N[C@H](c2ccccc2)C2CC2)cc1F. The molecule has 2 N–H and O–H groups in total. The Morgan fingerprint density at radius 3 is 2.50 bits per heavy atom. The molecular formula is C20H23FN2O. The van der Waals surface area contributed by atoms with E-state index in [9.17, 15) is 9.18 Å². The highest BCUT2D eigenvalue weighted by molar-refractivity contribution is 5.94. The molecule has 0 radical (unpaired) electrons. The van der Waals surface area contributed by atoms with E-state index >= 15 is 0 Å². The monoisotopic (exact) mass is 326 g/mol. The normalized spacial score (nSPS) is 16.5. The van der Waals surface area contributed by atoms with Crippen molar-refractivity contribution < 1.29 is 9.18 Å². The van der Waals surface area contributed by atoms with Crippen molar-refractivity contribution in [2.45, 2.75) is 38.8 Å². The molecule has 4 heteroatoms. The molecule has 2 aromatic rings. The van der Waals surface area contributed by atoms with Gasteiger partial charge in [0.15, 0.2) is 0 Å². The van der Waals surface area contributed by atoms with Gasteiger partial charge in [-0.1, -0.05) is 36.4 Å². The van der Waals surface area contributed by atoms with E-state index in [0.29, 0.717) is 17.2 Å². The van der Waals surface area contributed by atoms with Gasteiger partial charge in [0.25, 0.3) is 0 Å². The van der Waals surface area contributed by atoms with Crippen LogP contribution in [0.1, 0.15) is 36.9 Å². The van der Waals surface area contributed by atoms with E-state index in [1.165, 1.54) is 24.5 Å². The van der Waals surface area contributed by atoms with Gasteiger partial charge in [-0.05, 0) is 55.9 Å². The number of anilines is 1. The lowest BCUT2D eigenvalue weighted by Gasteiger charge is -2.23. The van der Waals surface area contributed by atoms with Gasteiger partial charge in [0, 0.05) is 11.7 Å². The maximum Gasteiger partial charge on any atom is 0.241 e. The van der Waals surface area contributed by atoms with Crippen molar-refractivity contribution in [3.8, 4) is 0 Å². The second-order valence-corrected chi connectivity index (χ2v) is 6.57. The minimum atomic E-state index is -0.361. The third-order valence-electron chi connectivity index (χ3n) is 4.51. The summed E-state index contributed by atoms with van der Waals surface area (Å²) in [5.41, 5.74) is 2.26. The standard InChI is InChI=1S/C20H23FN2O/c1-13-8-11-17(12-18(13)21)23-20(24)14(2)22-19(16-9-10-16)15-6-4-3-5-7-15/h3-8,11-12,14,16,19,22H,9-10H2,1-2H3,(H,23,24)/t14-,19+/m0/s1. The van der Waals surface area contributed by atoms with Gasteiger partial charge in [0.2, 0.25) is 5.91 Å². The van der Waals surface area contributed by atoms with E-state index in [2.05, 4.69) is 22.8 Å². The minimum Gasteiger partial charge on any atom is -0.325 e. The quantitative estimate of drug-likeness (QED) is 0.835. The summed E-state index contributed by atoms with van der Waals surface area (Å²) in [5.74, 6) is 0.118. The van der Waals surface area contributed by atoms with Gasteiger partial charge in [0.05, 0.1) is 6.04 Å². The van der Waals surface area contributed by atoms with Gasteiger partial charge in [-0.3, -0.25) is 10.1 Å². The van der Waals surface area contributed by atoms with Crippen LogP contribution in [0.15, 0.2) is 48.5 Å². The number of nitrogens with one attached hydrogen (secondary N) is 2. The van der Waals surface area contributed by atoms with Crippen molar-refractivity contribution >= 4 is 11.6 Å². The first-order valence-electron chi connectivity index (χ1n) is 8.42. The number of hydrogen-bond donors (Lipinski definition) is 2. The van der Waals surface area contributed by atoms with E-state index in [1.54, 1.807) is 19.1 Å². The molecule has 3 rings (SSSR count). The number of halogens is 1. The van der Waals surface area contributed by atoms with Crippen LogP contribution in [0.5, 0.6) is 0 Å². The van der Waals surface area contributed by atoms with Crippen LogP contribution in [0.3, 0.4) is 0 Å². The maximum absolute atomic E-state index is 13.6. The Morgan fingerprint density at radius 2 is 1.88 bits per heavy atom. The molecule has 0 aromatic heterocycles. The fourth-order valence-electron chi connectivity index (χ4n) is 2.86. The predicted octanol–water partition coefficient (Wildman–Crippen LogP) is 4.20. The van der Waals surface area contributed by atoms with Crippen LogP contribution in [0.25, 0.3) is 0 Å². The van der Waals surface area contributed by atoms with Gasteiger partial charge in [-0.25, -0.2) is 4.39 Å². The number of hydrogen-bond acceptors (Lipinski definition) is 2. The molecule has 126 valence electrons. The molecule has 0 unspecified atom stereocenters. The van der Waals surface area contributed by atoms with E-state index in [1.807, 2.05) is 25.1 Å². The zero-order valence-electron chi connectivity index (χ0n) is 14.1. The highest BCUT2D eigenvalue weighted by Gasteiger charge is 2.33. The lowest BCUT2D eigenvalue weighted by molar-refractivity contribution is -0.118. The molecule has 1 aliphatic carbocycles. The van der Waals surface area contributed by atoms with E-state index < -0.39 is 0 Å². The summed E-state index contributed by atoms with van der Waals surface area (Å²) in [7, 11) is 0. The summed E-state index contributed by atoms with van der Waals surface area (Å²) >= 11 is 0. The first-order valence-corrected chi connectivity index (χ1v) is 8.42. The first kappa shape index (κ1) is 16.7. The Bertz CT molecular complexity index is 713. The largest absolute Gasteiger partial charge is 0.325 e. The number of benzene rings is 2. The van der Waals surface area contributed by atoms with E-state index in [0.717, 1.165) is 0 Å². The third kappa shape index (κ3) is 4.01. The molecule has 1 fully saturated rings. The van der Waals surface area contributed by atoms with Gasteiger partial charge in [-0.2, -0.15) is 0 Å². The molecule has 2 atom stereocenters. The third-order valence-corrected chi connectivity index (χ3v) is 4.51. The summed E-state index contributed by atoms with van der Waals surface area (Å²) in [5, 5.41) is 6.22. The highest BCUT2D eigenvalue weighted by Crippen LogP contribution is 2.41. The lowest BCUT2D eigenvalue weighted by atomic mass is 10.0. The van der Waals surface area contributed by atoms with Crippen molar-refractivity contribution in [1.29, 1.82) is 0 Å². The molecule has 2 aromatic carbocycles. The smallest absolute Gasteiger partial charge is 0.241 e. The van der Waals surface area contributed by atoms with Crippen molar-refractivity contribution in [2.75, 3.05) is 5.32 Å². The fourth-order valence-corrected chi connectivity index (χ4v) is 2.86. The summed E-state index contributed by atoms with van der Waals surface area (Å²) in [6.45, 7) is 3.55. The van der Waals surface area contributed by atoms with E-state index in [4.69, 9.17) is 0 Å². The predicted molar refractivity (Wildman–Crippen MR) is 94.3 cm³/mol. The second kappa shape index (κ2) is 7.14. The Balaban J connectivity index is 1.65. The first-order chi connectivity index (χ1) is 11.5. The van der Waals surface area contributed by atoms with Crippen molar-refractivity contribution in [3.05, 3.63) is 65.5 Å². The van der Waals surface area contributed by atoms with Gasteiger partial charge in [-0.15, -0.1) is 0 Å². The van der Waals surface area contributed by atoms with Crippen LogP contribution < -0.4 is 10.6 Å². The molecule has 0 aliphatic heterocycles. The average molecular weight is 326 g/mol. The molecule has 0 heterocycles. The van der Waals surface area contributed by atoms with Crippen molar-refractivity contribution in [2.24, 2.45) is 5.92 Å². The van der Waals surface area contributed by atoms with Gasteiger partial charge >= 0.3 is 0 Å². The van der Waals surface area contributed by atoms with Gasteiger partial charge < -0.3 is 5.32 Å². The van der Waals surface area contributed by atoms with Crippen LogP contribution in [0.4, 0.5) is 10.1 Å². The Morgan fingerprint density at radius 1 is 1.17 bits per heavy atom. The van der Waals surface area contributed by atoms with E-state index in [-0.39, 0.29) is 23.8 Å². The molecule has 0 saturated heterocycles. The Labute approximate surface area is 142 Å². The Kier molecular flexibility index (Phi) is 4.95. The summed E-state index contributed by atoms with van der Waals surface area (Å²) in [6, 6.07) is 14.8. The van der Waals surface area contributed by atoms with Gasteiger partial charge in [0.1, 0.15) is 5.82 Å². The topological polar surface area (TPSA) is 41.1 Å². The number of carbonyl (C=O) groups excluding carboxylic acids is 1. The van der Waals surface area contributed by atoms with Crippen molar-refractivity contribution in [3.63, 3.8) is 0 Å². The zero-order valence-corrected chi connectivity index (χ0v) is 14.1. The lowest BCUT2D eigenvalue weighted by Crippen LogP contribution is -2.40. The molecule has 24 heavy (non-hydrogen) atoms. The van der Waals surface area contributed by atoms with Crippen LogP contribution in [-0.2, 0) is 4.79 Å². The summed E-state index contributed by atoms with van der Waals surface area (Å²) in [6.07, 6.45) is 2.37. The molecule has 0 spiro atoms. The summed E-state index contributed by atoms with van der Waals surface area (Å²) < 4.78 is 13.6. The Hall–Kier alpha value is -2.20. The molecule has 1 amide bonds. The number of carbonyl (C=O) groups is 1. The number of aryl methyl sites for hydroxylation is 1. The molecule has 1 aliphatic rings.